The van der Waals surface area contributed by atoms with E-state index >= 15 is 0 Å². The maximum Gasteiger partial charge on any atom is 0.416 e. The van der Waals surface area contributed by atoms with E-state index in [9.17, 15) is 18.0 Å². The van der Waals surface area contributed by atoms with Gasteiger partial charge in [0.1, 0.15) is 5.75 Å². The zero-order valence-electron chi connectivity index (χ0n) is 11.7. The minimum atomic E-state index is -4.40. The maximum atomic E-state index is 12.6. The third-order valence-electron chi connectivity index (χ3n) is 3.02. The van der Waals surface area contributed by atoms with Crippen molar-refractivity contribution < 1.29 is 22.7 Å². The Hall–Kier alpha value is -2.56. The minimum absolute atomic E-state index is 0.292. The molecule has 2 aromatic carbocycles. The number of hydrogen-bond acceptors (Lipinski definition) is 2. The molecule has 0 saturated heterocycles. The fourth-order valence-electron chi connectivity index (χ4n) is 1.84. The predicted octanol–water partition coefficient (Wildman–Crippen LogP) is 4.61. The molecule has 0 bridgehead atoms. The highest BCUT2D eigenvalue weighted by Crippen LogP contribution is 2.29. The molecule has 0 N–H and O–H groups in total. The Balaban J connectivity index is 2.15. The summed E-state index contributed by atoms with van der Waals surface area (Å²) in [6.45, 7) is 0. The molecule has 2 nitrogen and oxygen atoms in total. The summed E-state index contributed by atoms with van der Waals surface area (Å²) in [6.07, 6.45) is -1.79. The first kappa shape index (κ1) is 15.8. The van der Waals surface area contributed by atoms with Crippen molar-refractivity contribution in [3.8, 4) is 5.75 Å². The lowest BCUT2D eigenvalue weighted by molar-refractivity contribution is -0.137. The van der Waals surface area contributed by atoms with E-state index in [1.54, 1.807) is 24.3 Å². The second-order valence-electron chi connectivity index (χ2n) is 4.55. The van der Waals surface area contributed by atoms with Crippen LogP contribution >= 0.6 is 0 Å². The first-order chi connectivity index (χ1) is 10.4. The molecule has 0 unspecified atom stereocenters. The molecule has 0 aliphatic carbocycles. The minimum Gasteiger partial charge on any atom is -0.497 e. The van der Waals surface area contributed by atoms with Crippen molar-refractivity contribution in [1.29, 1.82) is 0 Å². The first-order valence-corrected chi connectivity index (χ1v) is 6.44. The fraction of sp³-hybridized carbons (Fsp3) is 0.118. The summed E-state index contributed by atoms with van der Waals surface area (Å²) < 4.78 is 42.8. The third-order valence-corrected chi connectivity index (χ3v) is 3.02. The van der Waals surface area contributed by atoms with Gasteiger partial charge in [0.25, 0.3) is 0 Å². The van der Waals surface area contributed by atoms with Crippen LogP contribution in [0.3, 0.4) is 0 Å². The van der Waals surface area contributed by atoms with E-state index in [0.717, 1.165) is 12.1 Å². The van der Waals surface area contributed by atoms with E-state index in [4.69, 9.17) is 4.74 Å². The van der Waals surface area contributed by atoms with Crippen LogP contribution in [0.15, 0.2) is 54.6 Å². The van der Waals surface area contributed by atoms with Crippen LogP contribution in [0.4, 0.5) is 13.2 Å². The van der Waals surface area contributed by atoms with Gasteiger partial charge >= 0.3 is 6.18 Å². The molecular weight excluding hydrogens is 293 g/mol. The average Bonchev–Trinajstić information content (AvgIpc) is 2.52. The normalized spacial score (nSPS) is 11.6. The number of rotatable bonds is 4. The topological polar surface area (TPSA) is 26.3 Å². The van der Waals surface area contributed by atoms with Crippen molar-refractivity contribution in [1.82, 2.24) is 0 Å². The molecule has 0 saturated carbocycles. The van der Waals surface area contributed by atoms with Crippen LogP contribution in [0.1, 0.15) is 21.5 Å². The summed E-state index contributed by atoms with van der Waals surface area (Å²) in [4.78, 5) is 11.9. The van der Waals surface area contributed by atoms with Gasteiger partial charge < -0.3 is 4.74 Å². The number of methoxy groups -OCH3 is 1. The van der Waals surface area contributed by atoms with Crippen molar-refractivity contribution in [2.24, 2.45) is 0 Å². The van der Waals surface area contributed by atoms with Gasteiger partial charge in [-0.25, -0.2) is 0 Å². The largest absolute Gasteiger partial charge is 0.497 e. The van der Waals surface area contributed by atoms with Crippen LogP contribution in [0.25, 0.3) is 6.08 Å². The molecular formula is C17H13F3O2. The number of hydrogen-bond donors (Lipinski definition) is 0. The summed E-state index contributed by atoms with van der Waals surface area (Å²) in [5, 5.41) is 0. The fourth-order valence-corrected chi connectivity index (χ4v) is 1.84. The summed E-state index contributed by atoms with van der Waals surface area (Å²) in [6, 6.07) is 11.3. The number of carbonyl (C=O) groups is 1. The second-order valence-corrected chi connectivity index (χ2v) is 4.55. The smallest absolute Gasteiger partial charge is 0.416 e. The van der Waals surface area contributed by atoms with Gasteiger partial charge in [0.2, 0.25) is 0 Å². The molecule has 2 aromatic rings. The highest BCUT2D eigenvalue weighted by molar-refractivity contribution is 6.06. The number of benzene rings is 2. The number of alkyl halides is 3. The highest BCUT2D eigenvalue weighted by Gasteiger charge is 2.30. The van der Waals surface area contributed by atoms with Gasteiger partial charge in [-0.1, -0.05) is 18.2 Å². The Labute approximate surface area is 125 Å². The standard InChI is InChI=1S/C17H13F3O2/c1-22-15-8-6-13(7-9-15)16(21)10-5-12-3-2-4-14(11-12)17(18,19)20/h2-11H,1H3. The molecule has 114 valence electrons. The van der Waals surface area contributed by atoms with Crippen molar-refractivity contribution in [2.45, 2.75) is 6.18 Å². The van der Waals surface area contributed by atoms with Crippen LogP contribution < -0.4 is 4.74 Å². The van der Waals surface area contributed by atoms with Gasteiger partial charge in [-0.15, -0.1) is 0 Å². The highest BCUT2D eigenvalue weighted by atomic mass is 19.4. The summed E-state index contributed by atoms with van der Waals surface area (Å²) >= 11 is 0. The van der Waals surface area contributed by atoms with Gasteiger partial charge in [-0.2, -0.15) is 13.2 Å². The molecule has 0 atom stereocenters. The van der Waals surface area contributed by atoms with E-state index in [1.165, 1.54) is 31.4 Å². The Morgan fingerprint density at radius 2 is 1.77 bits per heavy atom. The van der Waals surface area contributed by atoms with Crippen molar-refractivity contribution in [2.75, 3.05) is 7.11 Å². The van der Waals surface area contributed by atoms with E-state index in [0.29, 0.717) is 16.9 Å². The van der Waals surface area contributed by atoms with Crippen LogP contribution in [-0.4, -0.2) is 12.9 Å². The summed E-state index contributed by atoms with van der Waals surface area (Å²) in [7, 11) is 1.52. The summed E-state index contributed by atoms with van der Waals surface area (Å²) in [5.41, 5.74) is 0.00672. The lowest BCUT2D eigenvalue weighted by Gasteiger charge is -2.06. The zero-order chi connectivity index (χ0) is 16.2. The molecule has 5 heteroatoms. The monoisotopic (exact) mass is 306 g/mol. The second kappa shape index (κ2) is 6.47. The van der Waals surface area contributed by atoms with Crippen molar-refractivity contribution >= 4 is 11.9 Å². The van der Waals surface area contributed by atoms with Gasteiger partial charge in [-0.05, 0) is 48.0 Å². The predicted molar refractivity (Wildman–Crippen MR) is 77.8 cm³/mol. The number of carbonyl (C=O) groups excluding carboxylic acids is 1. The molecule has 0 heterocycles. The van der Waals surface area contributed by atoms with Crippen molar-refractivity contribution in [3.63, 3.8) is 0 Å². The zero-order valence-corrected chi connectivity index (χ0v) is 11.7. The van der Waals surface area contributed by atoms with Gasteiger partial charge in [0.05, 0.1) is 12.7 Å². The molecule has 0 aromatic heterocycles. The molecule has 0 radical (unpaired) electrons. The van der Waals surface area contributed by atoms with Gasteiger partial charge in [0.15, 0.2) is 5.78 Å². The number of halogens is 3. The quantitative estimate of drug-likeness (QED) is 0.609. The Morgan fingerprint density at radius 1 is 1.09 bits per heavy atom. The van der Waals surface area contributed by atoms with Crippen LogP contribution in [0, 0.1) is 0 Å². The molecule has 0 amide bonds. The number of ketones is 1. The number of ether oxygens (including phenoxy) is 1. The van der Waals surface area contributed by atoms with E-state index < -0.39 is 11.7 Å². The molecule has 22 heavy (non-hydrogen) atoms. The van der Waals surface area contributed by atoms with E-state index in [-0.39, 0.29) is 5.78 Å². The summed E-state index contributed by atoms with van der Waals surface area (Å²) in [5.74, 6) is 0.332. The first-order valence-electron chi connectivity index (χ1n) is 6.44. The van der Waals surface area contributed by atoms with Gasteiger partial charge in [0, 0.05) is 5.56 Å². The lowest BCUT2D eigenvalue weighted by Crippen LogP contribution is -2.04. The molecule has 0 aliphatic rings. The molecule has 0 spiro atoms. The van der Waals surface area contributed by atoms with Gasteiger partial charge in [-0.3, -0.25) is 4.79 Å². The average molecular weight is 306 g/mol. The van der Waals surface area contributed by atoms with Crippen LogP contribution in [0.5, 0.6) is 5.75 Å². The van der Waals surface area contributed by atoms with E-state index in [2.05, 4.69) is 0 Å². The Morgan fingerprint density at radius 3 is 2.36 bits per heavy atom. The molecule has 2 rings (SSSR count). The third kappa shape index (κ3) is 3.97. The maximum absolute atomic E-state index is 12.6. The van der Waals surface area contributed by atoms with Crippen LogP contribution in [0.2, 0.25) is 0 Å². The lowest BCUT2D eigenvalue weighted by atomic mass is 10.1. The Bertz CT molecular complexity index is 686. The molecule has 0 aliphatic heterocycles. The van der Waals surface area contributed by atoms with Crippen molar-refractivity contribution in [3.05, 3.63) is 71.3 Å². The SMILES string of the molecule is COc1ccc(C(=O)C=Cc2cccc(C(F)(F)F)c2)cc1. The number of allylic oxidation sites excluding steroid dienone is 1. The molecule has 0 fully saturated rings. The Kier molecular flexibility index (Phi) is 4.65. The van der Waals surface area contributed by atoms with Crippen LogP contribution in [-0.2, 0) is 6.18 Å². The van der Waals surface area contributed by atoms with E-state index in [1.807, 2.05) is 0 Å².